The van der Waals surface area contributed by atoms with Crippen molar-refractivity contribution in [3.63, 3.8) is 0 Å². The van der Waals surface area contributed by atoms with E-state index in [9.17, 15) is 0 Å². The lowest BCUT2D eigenvalue weighted by Gasteiger charge is -2.36. The molecule has 1 N–H and O–H groups in total. The van der Waals surface area contributed by atoms with Gasteiger partial charge in [0.1, 0.15) is 11.9 Å². The summed E-state index contributed by atoms with van der Waals surface area (Å²) in [4.78, 5) is 0. The van der Waals surface area contributed by atoms with Crippen LogP contribution in [0.4, 0.5) is 0 Å². The molecule has 2 aliphatic rings. The van der Waals surface area contributed by atoms with Gasteiger partial charge in [0.05, 0.1) is 12.7 Å². The van der Waals surface area contributed by atoms with Crippen molar-refractivity contribution in [2.45, 2.75) is 70.7 Å². The van der Waals surface area contributed by atoms with E-state index in [4.69, 9.17) is 9.47 Å². The molecule has 2 aliphatic heterocycles. The number of ether oxygens (including phenoxy) is 2. The predicted octanol–water partition coefficient (Wildman–Crippen LogP) is 3.23. The molecule has 0 aliphatic carbocycles. The Kier molecular flexibility index (Phi) is 4.51. The summed E-state index contributed by atoms with van der Waals surface area (Å²) in [5, 5.41) is 3.65. The monoisotopic (exact) mass is 289 g/mol. The molecule has 0 radical (unpaired) electrons. The lowest BCUT2D eigenvalue weighted by atomic mass is 9.95. The maximum atomic E-state index is 6.19. The van der Waals surface area contributed by atoms with Crippen LogP contribution >= 0.6 is 0 Å². The first kappa shape index (κ1) is 14.9. The molecule has 1 saturated heterocycles. The van der Waals surface area contributed by atoms with Gasteiger partial charge in [0, 0.05) is 18.5 Å². The number of nitrogens with one attached hydrogen (secondary N) is 1. The Balaban J connectivity index is 1.52. The molecule has 3 heteroatoms. The zero-order chi connectivity index (χ0) is 14.8. The third-order valence-corrected chi connectivity index (χ3v) is 4.72. The summed E-state index contributed by atoms with van der Waals surface area (Å²) in [6.07, 6.45) is 4.97. The normalized spacial score (nSPS) is 31.8. The van der Waals surface area contributed by atoms with Gasteiger partial charge in [-0.2, -0.15) is 0 Å². The maximum absolute atomic E-state index is 6.19. The van der Waals surface area contributed by atoms with Crippen LogP contribution in [0.25, 0.3) is 0 Å². The van der Waals surface area contributed by atoms with E-state index < -0.39 is 0 Å². The quantitative estimate of drug-likeness (QED) is 0.923. The van der Waals surface area contributed by atoms with Crippen molar-refractivity contribution >= 4 is 0 Å². The average molecular weight is 289 g/mol. The summed E-state index contributed by atoms with van der Waals surface area (Å²) in [5.74, 6) is 1.04. The highest BCUT2D eigenvalue weighted by molar-refractivity contribution is 5.40. The van der Waals surface area contributed by atoms with Gasteiger partial charge in [-0.3, -0.25) is 0 Å². The van der Waals surface area contributed by atoms with Crippen LogP contribution in [0.3, 0.4) is 0 Å². The molecule has 0 saturated carbocycles. The lowest BCUT2D eigenvalue weighted by molar-refractivity contribution is -0.0307. The minimum absolute atomic E-state index is 0.179. The van der Waals surface area contributed by atoms with Crippen molar-refractivity contribution in [3.8, 4) is 5.75 Å². The second kappa shape index (κ2) is 6.37. The van der Waals surface area contributed by atoms with Crippen molar-refractivity contribution in [1.29, 1.82) is 0 Å². The summed E-state index contributed by atoms with van der Waals surface area (Å²) in [7, 11) is 0. The molecule has 0 amide bonds. The van der Waals surface area contributed by atoms with E-state index in [1.807, 2.05) is 0 Å². The van der Waals surface area contributed by atoms with Crippen LogP contribution in [-0.4, -0.2) is 30.9 Å². The molecular formula is C18H27NO2. The third kappa shape index (κ3) is 3.41. The van der Waals surface area contributed by atoms with Gasteiger partial charge in [0.2, 0.25) is 0 Å². The fourth-order valence-electron chi connectivity index (χ4n) is 3.52. The largest absolute Gasteiger partial charge is 0.487 e. The van der Waals surface area contributed by atoms with Crippen molar-refractivity contribution in [2.75, 3.05) is 6.61 Å². The van der Waals surface area contributed by atoms with Gasteiger partial charge in [0.25, 0.3) is 0 Å². The molecule has 1 aromatic rings. The first-order valence-electron chi connectivity index (χ1n) is 8.29. The van der Waals surface area contributed by atoms with Crippen molar-refractivity contribution in [3.05, 3.63) is 29.3 Å². The second-order valence-corrected chi connectivity index (χ2v) is 6.59. The van der Waals surface area contributed by atoms with E-state index in [1.165, 1.54) is 17.5 Å². The molecule has 116 valence electrons. The molecule has 0 spiro atoms. The Morgan fingerprint density at radius 3 is 3.00 bits per heavy atom. The summed E-state index contributed by atoms with van der Waals surface area (Å²) >= 11 is 0. The number of fused-ring (bicyclic) bond motifs is 1. The number of aryl methyl sites for hydroxylation is 1. The summed E-state index contributed by atoms with van der Waals surface area (Å²) in [6, 6.07) is 7.53. The molecule has 4 unspecified atom stereocenters. The first-order chi connectivity index (χ1) is 10.2. The van der Waals surface area contributed by atoms with Gasteiger partial charge >= 0.3 is 0 Å². The van der Waals surface area contributed by atoms with Crippen LogP contribution in [0.15, 0.2) is 18.2 Å². The molecule has 1 aromatic carbocycles. The zero-order valence-electron chi connectivity index (χ0n) is 13.4. The minimum atomic E-state index is 0.179. The number of hydrogen-bond donors (Lipinski definition) is 1. The highest BCUT2D eigenvalue weighted by Crippen LogP contribution is 2.30. The standard InChI is InChI=1S/C18H27NO2/c1-4-16-18(8-6-13(3)19-16)20-11-15-10-14-9-12(2)5-7-17(14)21-15/h5,7,9,13,15-16,18-19H,4,6,8,10-11H2,1-3H3. The minimum Gasteiger partial charge on any atom is -0.487 e. The van der Waals surface area contributed by atoms with Crippen molar-refractivity contribution in [1.82, 2.24) is 5.32 Å². The Bertz CT molecular complexity index is 488. The summed E-state index contributed by atoms with van der Waals surface area (Å²) in [5.41, 5.74) is 2.63. The Morgan fingerprint density at radius 1 is 1.33 bits per heavy atom. The van der Waals surface area contributed by atoms with Gasteiger partial charge in [-0.05, 0) is 44.7 Å². The Labute approximate surface area is 128 Å². The maximum Gasteiger partial charge on any atom is 0.126 e. The molecule has 4 atom stereocenters. The van der Waals surface area contributed by atoms with Gasteiger partial charge in [0.15, 0.2) is 0 Å². The number of benzene rings is 1. The first-order valence-corrected chi connectivity index (χ1v) is 8.29. The van der Waals surface area contributed by atoms with Gasteiger partial charge in [-0.25, -0.2) is 0 Å². The zero-order valence-corrected chi connectivity index (χ0v) is 13.4. The number of rotatable bonds is 4. The van der Waals surface area contributed by atoms with E-state index in [0.717, 1.165) is 25.0 Å². The fraction of sp³-hybridized carbons (Fsp3) is 0.667. The third-order valence-electron chi connectivity index (χ3n) is 4.72. The number of piperidine rings is 1. The molecule has 0 bridgehead atoms. The molecular weight excluding hydrogens is 262 g/mol. The van der Waals surface area contributed by atoms with E-state index in [2.05, 4.69) is 44.3 Å². The van der Waals surface area contributed by atoms with Crippen LogP contribution in [0.5, 0.6) is 5.75 Å². The summed E-state index contributed by atoms with van der Waals surface area (Å²) < 4.78 is 12.2. The van der Waals surface area contributed by atoms with Crippen LogP contribution < -0.4 is 10.1 Å². The van der Waals surface area contributed by atoms with E-state index in [0.29, 0.717) is 24.8 Å². The van der Waals surface area contributed by atoms with Crippen molar-refractivity contribution in [2.24, 2.45) is 0 Å². The van der Waals surface area contributed by atoms with Gasteiger partial charge in [-0.1, -0.05) is 24.6 Å². The van der Waals surface area contributed by atoms with Crippen LogP contribution in [0.1, 0.15) is 44.2 Å². The topological polar surface area (TPSA) is 30.5 Å². The second-order valence-electron chi connectivity index (χ2n) is 6.59. The molecule has 2 heterocycles. The molecule has 0 aromatic heterocycles. The molecule has 1 fully saturated rings. The predicted molar refractivity (Wildman–Crippen MR) is 84.9 cm³/mol. The molecule has 3 rings (SSSR count). The highest BCUT2D eigenvalue weighted by Gasteiger charge is 2.30. The van der Waals surface area contributed by atoms with Crippen molar-refractivity contribution < 1.29 is 9.47 Å². The van der Waals surface area contributed by atoms with Crippen LogP contribution in [0, 0.1) is 6.92 Å². The Hall–Kier alpha value is -1.06. The lowest BCUT2D eigenvalue weighted by Crippen LogP contribution is -2.50. The SMILES string of the molecule is CCC1NC(C)CCC1OCC1Cc2cc(C)ccc2O1. The molecule has 21 heavy (non-hydrogen) atoms. The van der Waals surface area contributed by atoms with Gasteiger partial charge in [-0.15, -0.1) is 0 Å². The summed E-state index contributed by atoms with van der Waals surface area (Å²) in [6.45, 7) is 7.32. The van der Waals surface area contributed by atoms with Crippen LogP contribution in [0.2, 0.25) is 0 Å². The van der Waals surface area contributed by atoms with E-state index >= 15 is 0 Å². The molecule has 3 nitrogen and oxygen atoms in total. The highest BCUT2D eigenvalue weighted by atomic mass is 16.5. The fourth-order valence-corrected chi connectivity index (χ4v) is 3.52. The van der Waals surface area contributed by atoms with Crippen LogP contribution in [-0.2, 0) is 11.2 Å². The average Bonchev–Trinajstić information content (AvgIpc) is 2.87. The van der Waals surface area contributed by atoms with E-state index in [1.54, 1.807) is 0 Å². The van der Waals surface area contributed by atoms with Gasteiger partial charge < -0.3 is 14.8 Å². The smallest absolute Gasteiger partial charge is 0.126 e. The Morgan fingerprint density at radius 2 is 2.19 bits per heavy atom. The van der Waals surface area contributed by atoms with E-state index in [-0.39, 0.29) is 6.10 Å². The number of hydrogen-bond acceptors (Lipinski definition) is 3.